The average Bonchev–Trinajstić information content (AvgIpc) is 2.32. The molecule has 0 spiro atoms. The largest absolute Gasteiger partial charge is 0.487 e. The lowest BCUT2D eigenvalue weighted by molar-refractivity contribution is -0.153. The Morgan fingerprint density at radius 2 is 1.38 bits per heavy atom. The molecule has 0 N–H and O–H groups in total. The van der Waals surface area contributed by atoms with Gasteiger partial charge in [-0.15, -0.1) is 0 Å². The number of halogens is 8. The van der Waals surface area contributed by atoms with Crippen LogP contribution in [0.4, 0.5) is 30.7 Å². The van der Waals surface area contributed by atoms with Crippen molar-refractivity contribution in [3.05, 3.63) is 22.7 Å². The quantitative estimate of drug-likeness (QED) is 0.663. The van der Waals surface area contributed by atoms with Gasteiger partial charge in [0.05, 0.1) is 0 Å². The number of benzene rings is 1. The van der Waals surface area contributed by atoms with Gasteiger partial charge in [-0.1, -0.05) is 15.9 Å². The molecule has 0 amide bonds. The molecular weight excluding hydrogens is 377 g/mol. The van der Waals surface area contributed by atoms with Crippen molar-refractivity contribution in [1.82, 2.24) is 0 Å². The third-order valence-corrected chi connectivity index (χ3v) is 2.46. The number of rotatable bonds is 6. The Labute approximate surface area is 123 Å². The molecule has 1 aromatic rings. The highest BCUT2D eigenvalue weighted by atomic mass is 79.9. The van der Waals surface area contributed by atoms with Crippen molar-refractivity contribution in [3.8, 4) is 11.5 Å². The molecule has 21 heavy (non-hydrogen) atoms. The van der Waals surface area contributed by atoms with Crippen molar-refractivity contribution in [3.63, 3.8) is 0 Å². The molecule has 0 aliphatic rings. The molecule has 0 heterocycles. The molecule has 0 saturated heterocycles. The monoisotopic (exact) mass is 384 g/mol. The Kier molecular flexibility index (Phi) is 5.71. The first-order valence-corrected chi connectivity index (χ1v) is 6.08. The fourth-order valence-electron chi connectivity index (χ4n) is 1.11. The van der Waals surface area contributed by atoms with E-state index in [1.807, 2.05) is 0 Å². The molecule has 2 nitrogen and oxygen atoms in total. The summed E-state index contributed by atoms with van der Waals surface area (Å²) in [6.45, 7) is -3.20. The molecule has 120 valence electrons. The van der Waals surface area contributed by atoms with Crippen molar-refractivity contribution in [2.45, 2.75) is 18.5 Å². The predicted molar refractivity (Wildman–Crippen MR) is 62.1 cm³/mol. The Morgan fingerprint density at radius 3 is 1.81 bits per heavy atom. The van der Waals surface area contributed by atoms with E-state index < -0.39 is 31.7 Å². The lowest BCUT2D eigenvalue weighted by Crippen LogP contribution is -2.33. The van der Waals surface area contributed by atoms with Gasteiger partial charge in [0.25, 0.3) is 0 Å². The summed E-state index contributed by atoms with van der Waals surface area (Å²) in [5, 5.41) is 0. The third kappa shape index (κ3) is 6.40. The summed E-state index contributed by atoms with van der Waals surface area (Å²) < 4.78 is 94.2. The normalized spacial score (nSPS) is 12.6. The molecule has 0 aromatic heterocycles. The van der Waals surface area contributed by atoms with Crippen LogP contribution in [0.5, 0.6) is 11.5 Å². The summed E-state index contributed by atoms with van der Waals surface area (Å²) in [4.78, 5) is 0. The molecule has 0 fully saturated rings. The summed E-state index contributed by atoms with van der Waals surface area (Å²) in [5.74, 6) is -5.01. The zero-order valence-electron chi connectivity index (χ0n) is 10.1. The first-order chi connectivity index (χ1) is 9.49. The van der Waals surface area contributed by atoms with Crippen LogP contribution in [-0.4, -0.2) is 31.7 Å². The number of hydrogen-bond acceptors (Lipinski definition) is 2. The minimum absolute atomic E-state index is 0.178. The van der Waals surface area contributed by atoms with Crippen molar-refractivity contribution >= 4 is 15.9 Å². The van der Waals surface area contributed by atoms with Crippen LogP contribution in [0.3, 0.4) is 0 Å². The molecule has 10 heteroatoms. The van der Waals surface area contributed by atoms with Gasteiger partial charge in [0.15, 0.2) is 13.2 Å². The molecular formula is C11H8BrF7O2. The first kappa shape index (κ1) is 17.9. The number of ether oxygens (including phenoxy) is 2. The minimum Gasteiger partial charge on any atom is -0.487 e. The Bertz CT molecular complexity index is 476. The van der Waals surface area contributed by atoms with Gasteiger partial charge in [-0.05, 0) is 12.1 Å². The van der Waals surface area contributed by atoms with Crippen molar-refractivity contribution in [1.29, 1.82) is 0 Å². The van der Waals surface area contributed by atoms with Crippen LogP contribution < -0.4 is 9.47 Å². The smallest absolute Gasteiger partial charge is 0.422 e. The standard InChI is InChI=1S/C11H8BrF7O2/c12-6-1-7(20-4-10(15,16)9(13)14)3-8(2-6)21-5-11(17,18)19/h1-3,9H,4-5H2. The summed E-state index contributed by atoms with van der Waals surface area (Å²) in [6.07, 6.45) is -8.49. The van der Waals surface area contributed by atoms with Gasteiger partial charge in [0.2, 0.25) is 0 Å². The zero-order valence-corrected chi connectivity index (χ0v) is 11.6. The van der Waals surface area contributed by atoms with Gasteiger partial charge in [-0.2, -0.15) is 22.0 Å². The molecule has 1 aromatic carbocycles. The van der Waals surface area contributed by atoms with Crippen molar-refractivity contribution in [2.24, 2.45) is 0 Å². The maximum absolute atomic E-state index is 12.7. The van der Waals surface area contributed by atoms with E-state index in [-0.39, 0.29) is 16.0 Å². The topological polar surface area (TPSA) is 18.5 Å². The Hall–Kier alpha value is -1.19. The second-order valence-corrected chi connectivity index (χ2v) is 4.79. The summed E-state index contributed by atoms with van der Waals surface area (Å²) in [5.41, 5.74) is 0. The highest BCUT2D eigenvalue weighted by molar-refractivity contribution is 9.10. The van der Waals surface area contributed by atoms with Crippen LogP contribution >= 0.6 is 15.9 Å². The van der Waals surface area contributed by atoms with E-state index in [4.69, 9.17) is 0 Å². The highest BCUT2D eigenvalue weighted by Crippen LogP contribution is 2.30. The van der Waals surface area contributed by atoms with E-state index in [1.54, 1.807) is 0 Å². The molecule has 0 saturated carbocycles. The molecule has 0 bridgehead atoms. The molecule has 0 radical (unpaired) electrons. The van der Waals surface area contributed by atoms with Gasteiger partial charge >= 0.3 is 18.5 Å². The van der Waals surface area contributed by atoms with Gasteiger partial charge in [0, 0.05) is 10.5 Å². The minimum atomic E-state index is -4.58. The summed E-state index contributed by atoms with van der Waals surface area (Å²) in [6, 6.07) is 3.16. The third-order valence-electron chi connectivity index (χ3n) is 2.00. The van der Waals surface area contributed by atoms with E-state index in [2.05, 4.69) is 25.4 Å². The second kappa shape index (κ2) is 6.71. The second-order valence-electron chi connectivity index (χ2n) is 3.88. The molecule has 1 rings (SSSR count). The lowest BCUT2D eigenvalue weighted by atomic mass is 10.3. The fourth-order valence-corrected chi connectivity index (χ4v) is 1.56. The maximum atomic E-state index is 12.7. The SMILES string of the molecule is FC(F)C(F)(F)COc1cc(Br)cc(OCC(F)(F)F)c1. The van der Waals surface area contributed by atoms with E-state index in [9.17, 15) is 30.7 Å². The van der Waals surface area contributed by atoms with E-state index in [0.717, 1.165) is 18.2 Å². The van der Waals surface area contributed by atoms with Crippen molar-refractivity contribution in [2.75, 3.05) is 13.2 Å². The molecule has 0 unspecified atom stereocenters. The van der Waals surface area contributed by atoms with Gasteiger partial charge in [-0.3, -0.25) is 0 Å². The Morgan fingerprint density at radius 1 is 0.905 bits per heavy atom. The highest BCUT2D eigenvalue weighted by Gasteiger charge is 2.41. The summed E-state index contributed by atoms with van der Waals surface area (Å²) in [7, 11) is 0. The van der Waals surface area contributed by atoms with Crippen LogP contribution in [0.1, 0.15) is 0 Å². The van der Waals surface area contributed by atoms with Gasteiger partial charge in [0.1, 0.15) is 11.5 Å². The van der Waals surface area contributed by atoms with E-state index in [1.165, 1.54) is 0 Å². The molecule has 0 aliphatic heterocycles. The van der Waals surface area contributed by atoms with E-state index in [0.29, 0.717) is 0 Å². The first-order valence-electron chi connectivity index (χ1n) is 5.28. The molecule has 0 aliphatic carbocycles. The van der Waals surface area contributed by atoms with Gasteiger partial charge < -0.3 is 9.47 Å². The lowest BCUT2D eigenvalue weighted by Gasteiger charge is -2.17. The van der Waals surface area contributed by atoms with Crippen LogP contribution in [0.15, 0.2) is 22.7 Å². The van der Waals surface area contributed by atoms with Crippen LogP contribution in [-0.2, 0) is 0 Å². The van der Waals surface area contributed by atoms with Crippen LogP contribution in [0.2, 0.25) is 0 Å². The summed E-state index contributed by atoms with van der Waals surface area (Å²) >= 11 is 2.91. The predicted octanol–water partition coefficient (Wildman–Crippen LogP) is 4.67. The fraction of sp³-hybridized carbons (Fsp3) is 0.455. The maximum Gasteiger partial charge on any atom is 0.422 e. The number of alkyl halides is 7. The van der Waals surface area contributed by atoms with Crippen LogP contribution in [0, 0.1) is 0 Å². The zero-order chi connectivity index (χ0) is 16.3. The Balaban J connectivity index is 2.74. The van der Waals surface area contributed by atoms with Gasteiger partial charge in [-0.25, -0.2) is 8.78 Å². The van der Waals surface area contributed by atoms with E-state index >= 15 is 0 Å². The molecule has 0 atom stereocenters. The number of hydrogen-bond donors (Lipinski definition) is 0. The van der Waals surface area contributed by atoms with Crippen molar-refractivity contribution < 1.29 is 40.2 Å². The average molecular weight is 385 g/mol. The van der Waals surface area contributed by atoms with Crippen LogP contribution in [0.25, 0.3) is 0 Å².